The van der Waals surface area contributed by atoms with Gasteiger partial charge in [-0.25, -0.2) is 0 Å². The predicted molar refractivity (Wildman–Crippen MR) is 65.7 cm³/mol. The third kappa shape index (κ3) is 2.31. The molecule has 0 heterocycles. The maximum atomic E-state index is 12.0. The van der Waals surface area contributed by atoms with Gasteiger partial charge >= 0.3 is 0 Å². The van der Waals surface area contributed by atoms with E-state index in [0.717, 1.165) is 16.4 Å². The minimum Gasteiger partial charge on any atom is -0.289 e. The number of ketones is 1. The van der Waals surface area contributed by atoms with Gasteiger partial charge < -0.3 is 0 Å². The van der Waals surface area contributed by atoms with Crippen molar-refractivity contribution in [2.24, 2.45) is 0 Å². The molecule has 0 amide bonds. The topological polar surface area (TPSA) is 17.1 Å². The molecule has 2 aromatic rings. The van der Waals surface area contributed by atoms with Crippen LogP contribution >= 0.6 is 9.24 Å². The van der Waals surface area contributed by atoms with Crippen molar-refractivity contribution in [3.8, 4) is 0 Å². The Morgan fingerprint density at radius 1 is 0.800 bits per heavy atom. The number of hydrogen-bond donors (Lipinski definition) is 0. The molecular weight excluding hydrogens is 203 g/mol. The maximum absolute atomic E-state index is 12.0. The average molecular weight is 214 g/mol. The van der Waals surface area contributed by atoms with Crippen molar-refractivity contribution in [1.82, 2.24) is 0 Å². The van der Waals surface area contributed by atoms with Gasteiger partial charge in [-0.3, -0.25) is 4.79 Å². The van der Waals surface area contributed by atoms with Crippen LogP contribution in [0.2, 0.25) is 0 Å². The Balaban J connectivity index is 2.33. The lowest BCUT2D eigenvalue weighted by atomic mass is 10.0. The van der Waals surface area contributed by atoms with E-state index in [1.54, 1.807) is 0 Å². The van der Waals surface area contributed by atoms with Crippen LogP contribution in [0.4, 0.5) is 0 Å². The van der Waals surface area contributed by atoms with Gasteiger partial charge in [0.25, 0.3) is 0 Å². The Labute approximate surface area is 91.3 Å². The van der Waals surface area contributed by atoms with Gasteiger partial charge in [-0.15, -0.1) is 9.24 Å². The van der Waals surface area contributed by atoms with Crippen LogP contribution < -0.4 is 5.30 Å². The van der Waals surface area contributed by atoms with Gasteiger partial charge in [-0.1, -0.05) is 54.6 Å². The van der Waals surface area contributed by atoms with E-state index in [0.29, 0.717) is 0 Å². The first-order valence-electron chi connectivity index (χ1n) is 4.72. The molecule has 0 fully saturated rings. The molecule has 0 saturated carbocycles. The third-order valence-electron chi connectivity index (χ3n) is 2.21. The molecule has 1 nitrogen and oxygen atoms in total. The fraction of sp³-hybridized carbons (Fsp3) is 0. The van der Waals surface area contributed by atoms with Crippen molar-refractivity contribution < 1.29 is 4.79 Å². The van der Waals surface area contributed by atoms with E-state index >= 15 is 0 Å². The molecule has 2 rings (SSSR count). The molecule has 0 aromatic heterocycles. The lowest BCUT2D eigenvalue weighted by Crippen LogP contribution is -2.02. The highest BCUT2D eigenvalue weighted by Crippen LogP contribution is 2.08. The van der Waals surface area contributed by atoms with E-state index in [4.69, 9.17) is 0 Å². The average Bonchev–Trinajstić information content (AvgIpc) is 2.30. The van der Waals surface area contributed by atoms with Crippen LogP contribution in [-0.2, 0) is 0 Å². The number of rotatable bonds is 2. The van der Waals surface area contributed by atoms with Gasteiger partial charge in [0.15, 0.2) is 5.78 Å². The van der Waals surface area contributed by atoms with Crippen molar-refractivity contribution in [1.29, 1.82) is 0 Å². The molecule has 74 valence electrons. The Kier molecular flexibility index (Phi) is 2.94. The summed E-state index contributed by atoms with van der Waals surface area (Å²) in [5.74, 6) is 0.0700. The van der Waals surface area contributed by atoms with Crippen LogP contribution in [0.1, 0.15) is 15.9 Å². The smallest absolute Gasteiger partial charge is 0.193 e. The predicted octanol–water partition coefficient (Wildman–Crippen LogP) is 2.42. The molecule has 2 aromatic carbocycles. The molecule has 2 heteroatoms. The van der Waals surface area contributed by atoms with E-state index in [1.165, 1.54) is 0 Å². The highest BCUT2D eigenvalue weighted by Gasteiger charge is 2.06. The summed E-state index contributed by atoms with van der Waals surface area (Å²) in [6.07, 6.45) is 0. The highest BCUT2D eigenvalue weighted by atomic mass is 31.0. The summed E-state index contributed by atoms with van der Waals surface area (Å²) >= 11 is 0. The number of benzene rings is 2. The van der Waals surface area contributed by atoms with E-state index < -0.39 is 0 Å². The van der Waals surface area contributed by atoms with Crippen LogP contribution in [-0.4, -0.2) is 5.78 Å². The largest absolute Gasteiger partial charge is 0.289 e. The normalized spacial score (nSPS) is 9.93. The molecule has 0 spiro atoms. The molecule has 0 radical (unpaired) electrons. The number of hydrogen-bond acceptors (Lipinski definition) is 1. The summed E-state index contributed by atoms with van der Waals surface area (Å²) in [5, 5.41) is 1.08. The number of carbonyl (C=O) groups is 1. The van der Waals surface area contributed by atoms with Crippen molar-refractivity contribution in [3.05, 3.63) is 65.7 Å². The van der Waals surface area contributed by atoms with Gasteiger partial charge in [-0.05, 0) is 5.30 Å². The molecule has 1 atom stereocenters. The van der Waals surface area contributed by atoms with E-state index in [2.05, 4.69) is 9.24 Å². The molecule has 0 bridgehead atoms. The Morgan fingerprint density at radius 2 is 1.33 bits per heavy atom. The summed E-state index contributed by atoms with van der Waals surface area (Å²) < 4.78 is 0. The van der Waals surface area contributed by atoms with Crippen LogP contribution in [0.25, 0.3) is 0 Å². The zero-order valence-corrected chi connectivity index (χ0v) is 9.34. The first-order chi connectivity index (χ1) is 7.27. The molecule has 0 aliphatic heterocycles. The van der Waals surface area contributed by atoms with Crippen LogP contribution in [0, 0.1) is 0 Å². The first kappa shape index (κ1) is 10.1. The molecule has 15 heavy (non-hydrogen) atoms. The Morgan fingerprint density at radius 3 is 1.93 bits per heavy atom. The monoisotopic (exact) mass is 214 g/mol. The zero-order valence-electron chi connectivity index (χ0n) is 8.18. The van der Waals surface area contributed by atoms with Crippen molar-refractivity contribution >= 4 is 20.3 Å². The quantitative estimate of drug-likeness (QED) is 0.554. The van der Waals surface area contributed by atoms with E-state index in [-0.39, 0.29) is 5.78 Å². The van der Waals surface area contributed by atoms with E-state index in [9.17, 15) is 4.79 Å². The minimum absolute atomic E-state index is 0.0700. The number of carbonyl (C=O) groups excluding carboxylic acids is 1. The summed E-state index contributed by atoms with van der Waals surface area (Å²) in [5.41, 5.74) is 1.46. The van der Waals surface area contributed by atoms with Crippen molar-refractivity contribution in [3.63, 3.8) is 0 Å². The SMILES string of the molecule is O=C(c1ccccc1)c1ccc(P)cc1. The molecule has 0 saturated heterocycles. The lowest BCUT2D eigenvalue weighted by Gasteiger charge is -2.00. The fourth-order valence-electron chi connectivity index (χ4n) is 1.39. The van der Waals surface area contributed by atoms with Crippen molar-refractivity contribution in [2.45, 2.75) is 0 Å². The minimum atomic E-state index is 0.0700. The van der Waals surface area contributed by atoms with Gasteiger partial charge in [0.05, 0.1) is 0 Å². The van der Waals surface area contributed by atoms with Gasteiger partial charge in [0, 0.05) is 11.1 Å². The van der Waals surface area contributed by atoms with Crippen molar-refractivity contribution in [2.75, 3.05) is 0 Å². The second kappa shape index (κ2) is 4.37. The molecule has 0 N–H and O–H groups in total. The molecule has 1 unspecified atom stereocenters. The maximum Gasteiger partial charge on any atom is 0.193 e. The highest BCUT2D eigenvalue weighted by molar-refractivity contribution is 7.27. The molecule has 0 aliphatic rings. The molecular formula is C13H11OP. The Bertz CT molecular complexity index is 460. The van der Waals surface area contributed by atoms with Gasteiger partial charge in [0.2, 0.25) is 0 Å². The fourth-order valence-corrected chi connectivity index (χ4v) is 1.58. The van der Waals surface area contributed by atoms with Crippen LogP contribution in [0.3, 0.4) is 0 Å². The third-order valence-corrected chi connectivity index (χ3v) is 2.59. The standard InChI is InChI=1S/C13H11OP/c14-13(10-4-2-1-3-5-10)11-6-8-12(15)9-7-11/h1-9H,15H2. The summed E-state index contributed by atoms with van der Waals surface area (Å²) in [7, 11) is 2.60. The van der Waals surface area contributed by atoms with Crippen LogP contribution in [0.5, 0.6) is 0 Å². The molecule has 0 aliphatic carbocycles. The first-order valence-corrected chi connectivity index (χ1v) is 5.30. The zero-order chi connectivity index (χ0) is 10.7. The van der Waals surface area contributed by atoms with Gasteiger partial charge in [0.1, 0.15) is 0 Å². The Hall–Kier alpha value is -1.46. The van der Waals surface area contributed by atoms with E-state index in [1.807, 2.05) is 54.6 Å². The lowest BCUT2D eigenvalue weighted by molar-refractivity contribution is 0.103. The second-order valence-corrected chi connectivity index (χ2v) is 3.98. The second-order valence-electron chi connectivity index (χ2n) is 3.32. The summed E-state index contributed by atoms with van der Waals surface area (Å²) in [6, 6.07) is 16.8. The summed E-state index contributed by atoms with van der Waals surface area (Å²) in [6.45, 7) is 0. The van der Waals surface area contributed by atoms with Gasteiger partial charge in [-0.2, -0.15) is 0 Å². The van der Waals surface area contributed by atoms with Crippen LogP contribution in [0.15, 0.2) is 54.6 Å². The summed E-state index contributed by atoms with van der Waals surface area (Å²) in [4.78, 5) is 12.0.